The Morgan fingerprint density at radius 3 is 2.17 bits per heavy atom. The highest BCUT2D eigenvalue weighted by Crippen LogP contribution is 2.45. The number of phenols is 1. The number of H-pyrrole nitrogens is 1. The fraction of sp³-hybridized carbons (Fsp3) is 0.400. The van der Waals surface area contributed by atoms with Crippen molar-refractivity contribution in [3.8, 4) is 16.9 Å². The fourth-order valence-electron chi connectivity index (χ4n) is 3.28. The first-order chi connectivity index (χ1) is 11.1. The van der Waals surface area contributed by atoms with E-state index < -0.39 is 0 Å². The first-order valence-electron chi connectivity index (χ1n) is 8.27. The maximum Gasteiger partial charge on any atom is 0.127 e. The van der Waals surface area contributed by atoms with Crippen LogP contribution in [0.25, 0.3) is 22.2 Å². The van der Waals surface area contributed by atoms with Crippen LogP contribution < -0.4 is 0 Å². The second-order valence-electron chi connectivity index (χ2n) is 8.38. The number of hydrogen-bond donors (Lipinski definition) is 2. The molecule has 1 heterocycles. The van der Waals surface area contributed by atoms with Crippen molar-refractivity contribution in [3.05, 3.63) is 41.5 Å². The first-order valence-corrected chi connectivity index (χ1v) is 8.27. The standard InChI is InChI=1S/C20H25N3O/c1-19(2,3)14-11-10-13(18(24)16(14)20(4,5)6)12-8-7-9-15-17(12)22-23-21-15/h7-11,24H,1-6H3,(H,21,22,23). The van der Waals surface area contributed by atoms with Gasteiger partial charge in [0, 0.05) is 16.7 Å². The predicted octanol–water partition coefficient (Wildman–Crippen LogP) is 4.93. The van der Waals surface area contributed by atoms with Gasteiger partial charge in [-0.05, 0) is 22.5 Å². The topological polar surface area (TPSA) is 61.8 Å². The Labute approximate surface area is 142 Å². The van der Waals surface area contributed by atoms with Crippen LogP contribution >= 0.6 is 0 Å². The molecule has 0 aliphatic rings. The molecule has 0 amide bonds. The molecule has 2 N–H and O–H groups in total. The van der Waals surface area contributed by atoms with Crippen molar-refractivity contribution in [2.75, 3.05) is 0 Å². The number of para-hydroxylation sites is 1. The zero-order valence-corrected chi connectivity index (χ0v) is 15.2. The van der Waals surface area contributed by atoms with E-state index in [9.17, 15) is 5.11 Å². The summed E-state index contributed by atoms with van der Waals surface area (Å²) in [6.45, 7) is 12.9. The molecule has 0 radical (unpaired) electrons. The highest BCUT2D eigenvalue weighted by Gasteiger charge is 2.30. The van der Waals surface area contributed by atoms with Crippen LogP contribution in [-0.4, -0.2) is 20.5 Å². The monoisotopic (exact) mass is 323 g/mol. The summed E-state index contributed by atoms with van der Waals surface area (Å²) >= 11 is 0. The molecule has 0 spiro atoms. The number of phenolic OH excluding ortho intramolecular Hbond substituents is 1. The van der Waals surface area contributed by atoms with E-state index >= 15 is 0 Å². The quantitative estimate of drug-likeness (QED) is 0.668. The number of rotatable bonds is 1. The molecule has 3 aromatic rings. The van der Waals surface area contributed by atoms with Gasteiger partial charge in [-0.25, -0.2) is 0 Å². The van der Waals surface area contributed by atoms with Gasteiger partial charge in [0.05, 0.1) is 0 Å². The van der Waals surface area contributed by atoms with Crippen molar-refractivity contribution >= 4 is 11.0 Å². The van der Waals surface area contributed by atoms with Crippen molar-refractivity contribution < 1.29 is 5.11 Å². The van der Waals surface area contributed by atoms with Crippen LogP contribution in [-0.2, 0) is 10.8 Å². The van der Waals surface area contributed by atoms with Gasteiger partial charge >= 0.3 is 0 Å². The highest BCUT2D eigenvalue weighted by atomic mass is 16.3. The van der Waals surface area contributed by atoms with E-state index in [1.54, 1.807) is 0 Å². The van der Waals surface area contributed by atoms with E-state index in [2.05, 4.69) is 63.0 Å². The molecule has 0 saturated heterocycles. The van der Waals surface area contributed by atoms with Crippen LogP contribution in [0.3, 0.4) is 0 Å². The molecule has 24 heavy (non-hydrogen) atoms. The SMILES string of the molecule is CC(C)(C)c1ccc(-c2cccc3n[nH]nc23)c(O)c1C(C)(C)C. The van der Waals surface area contributed by atoms with Crippen LogP contribution in [0.2, 0.25) is 0 Å². The minimum Gasteiger partial charge on any atom is -0.507 e. The molecule has 0 atom stereocenters. The smallest absolute Gasteiger partial charge is 0.127 e. The molecule has 3 rings (SSSR count). The van der Waals surface area contributed by atoms with Gasteiger partial charge in [-0.1, -0.05) is 65.8 Å². The van der Waals surface area contributed by atoms with Gasteiger partial charge < -0.3 is 5.11 Å². The lowest BCUT2D eigenvalue weighted by molar-refractivity contribution is 0.437. The second-order valence-corrected chi connectivity index (χ2v) is 8.38. The van der Waals surface area contributed by atoms with Gasteiger partial charge in [0.15, 0.2) is 0 Å². The molecular formula is C20H25N3O. The number of aromatic hydroxyl groups is 1. The van der Waals surface area contributed by atoms with Crippen molar-refractivity contribution in [1.29, 1.82) is 0 Å². The van der Waals surface area contributed by atoms with Crippen molar-refractivity contribution in [3.63, 3.8) is 0 Å². The number of aromatic nitrogens is 3. The molecule has 2 aromatic carbocycles. The van der Waals surface area contributed by atoms with Crippen LogP contribution in [0, 0.1) is 0 Å². The van der Waals surface area contributed by atoms with Gasteiger partial charge in [-0.2, -0.15) is 15.4 Å². The molecular weight excluding hydrogens is 298 g/mol. The maximum atomic E-state index is 11.2. The zero-order chi connectivity index (χ0) is 17.7. The Morgan fingerprint density at radius 2 is 1.54 bits per heavy atom. The molecule has 4 nitrogen and oxygen atoms in total. The van der Waals surface area contributed by atoms with E-state index in [-0.39, 0.29) is 10.8 Å². The molecule has 0 saturated carbocycles. The van der Waals surface area contributed by atoms with E-state index in [4.69, 9.17) is 0 Å². The largest absolute Gasteiger partial charge is 0.507 e. The number of hydrogen-bond acceptors (Lipinski definition) is 3. The van der Waals surface area contributed by atoms with Crippen molar-refractivity contribution in [1.82, 2.24) is 15.4 Å². The minimum absolute atomic E-state index is 0.0431. The Hall–Kier alpha value is -2.36. The average Bonchev–Trinajstić information content (AvgIpc) is 2.93. The predicted molar refractivity (Wildman–Crippen MR) is 98.4 cm³/mol. The molecule has 0 bridgehead atoms. The lowest BCUT2D eigenvalue weighted by Crippen LogP contribution is -2.22. The summed E-state index contributed by atoms with van der Waals surface area (Å²) in [5.74, 6) is 0.338. The van der Waals surface area contributed by atoms with Gasteiger partial charge in [0.2, 0.25) is 0 Å². The van der Waals surface area contributed by atoms with Crippen LogP contribution in [0.1, 0.15) is 52.7 Å². The molecule has 0 aliphatic heterocycles. The molecule has 1 aromatic heterocycles. The lowest BCUT2D eigenvalue weighted by Gasteiger charge is -2.31. The summed E-state index contributed by atoms with van der Waals surface area (Å²) in [5.41, 5.74) is 5.22. The van der Waals surface area contributed by atoms with Gasteiger partial charge in [0.1, 0.15) is 16.8 Å². The fourth-order valence-corrected chi connectivity index (χ4v) is 3.28. The number of benzene rings is 2. The average molecular weight is 323 g/mol. The molecule has 0 unspecified atom stereocenters. The third kappa shape index (κ3) is 2.66. The summed E-state index contributed by atoms with van der Waals surface area (Å²) in [6.07, 6.45) is 0. The molecule has 0 fully saturated rings. The number of nitrogens with zero attached hydrogens (tertiary/aromatic N) is 2. The van der Waals surface area contributed by atoms with E-state index in [0.29, 0.717) is 5.75 Å². The number of nitrogens with one attached hydrogen (secondary N) is 1. The van der Waals surface area contributed by atoms with Crippen LogP contribution in [0.15, 0.2) is 30.3 Å². The Balaban J connectivity index is 2.34. The van der Waals surface area contributed by atoms with Gasteiger partial charge in [-0.15, -0.1) is 0 Å². The third-order valence-corrected chi connectivity index (χ3v) is 4.37. The zero-order valence-electron chi connectivity index (χ0n) is 15.2. The summed E-state index contributed by atoms with van der Waals surface area (Å²) in [7, 11) is 0. The molecule has 0 aliphatic carbocycles. The summed E-state index contributed by atoms with van der Waals surface area (Å²) in [4.78, 5) is 0. The highest BCUT2D eigenvalue weighted by molar-refractivity contribution is 5.93. The Morgan fingerprint density at radius 1 is 0.833 bits per heavy atom. The number of aromatic amines is 1. The maximum absolute atomic E-state index is 11.2. The van der Waals surface area contributed by atoms with Crippen LogP contribution in [0.5, 0.6) is 5.75 Å². The molecule has 126 valence electrons. The van der Waals surface area contributed by atoms with E-state index in [0.717, 1.165) is 27.7 Å². The van der Waals surface area contributed by atoms with Gasteiger partial charge in [0.25, 0.3) is 0 Å². The summed E-state index contributed by atoms with van der Waals surface area (Å²) in [5, 5.41) is 22.2. The Kier molecular flexibility index (Phi) is 3.67. The number of fused-ring (bicyclic) bond motifs is 1. The Bertz CT molecular complexity index is 895. The second kappa shape index (κ2) is 5.33. The summed E-state index contributed by atoms with van der Waals surface area (Å²) in [6, 6.07) is 9.95. The van der Waals surface area contributed by atoms with E-state index in [1.807, 2.05) is 24.3 Å². The molecule has 4 heteroatoms. The van der Waals surface area contributed by atoms with Gasteiger partial charge in [-0.3, -0.25) is 0 Å². The van der Waals surface area contributed by atoms with Crippen LogP contribution in [0.4, 0.5) is 0 Å². The first kappa shape index (κ1) is 16.5. The van der Waals surface area contributed by atoms with E-state index in [1.165, 1.54) is 5.56 Å². The summed E-state index contributed by atoms with van der Waals surface area (Å²) < 4.78 is 0. The minimum atomic E-state index is -0.166. The van der Waals surface area contributed by atoms with Crippen molar-refractivity contribution in [2.24, 2.45) is 0 Å². The third-order valence-electron chi connectivity index (χ3n) is 4.37. The normalized spacial score (nSPS) is 12.8. The van der Waals surface area contributed by atoms with Crippen molar-refractivity contribution in [2.45, 2.75) is 52.4 Å². The lowest BCUT2D eigenvalue weighted by atomic mass is 9.73.